The van der Waals surface area contributed by atoms with E-state index in [1.165, 1.54) is 0 Å². The zero-order valence-electron chi connectivity index (χ0n) is 8.47. The van der Waals surface area contributed by atoms with Gasteiger partial charge in [0.1, 0.15) is 0 Å². The third-order valence-corrected chi connectivity index (χ3v) is 4.23. The summed E-state index contributed by atoms with van der Waals surface area (Å²) in [6, 6.07) is 3.26. The van der Waals surface area contributed by atoms with Crippen LogP contribution in [0.5, 0.6) is 5.75 Å². The van der Waals surface area contributed by atoms with Gasteiger partial charge in [0.15, 0.2) is 5.75 Å². The van der Waals surface area contributed by atoms with Gasteiger partial charge in [0, 0.05) is 10.4 Å². The minimum absolute atomic E-state index is 0.218. The number of hydrogen-bond donors (Lipinski definition) is 1. The lowest BCUT2D eigenvalue weighted by Crippen LogP contribution is -2.14. The summed E-state index contributed by atoms with van der Waals surface area (Å²) >= 11 is 22.2. The Labute approximate surface area is 115 Å². The Kier molecular flexibility index (Phi) is 3.85. The van der Waals surface area contributed by atoms with Crippen LogP contribution in [0.25, 0.3) is 0 Å². The van der Waals surface area contributed by atoms with Crippen LogP contribution in [0.4, 0.5) is 0 Å². The first kappa shape index (κ1) is 12.7. The summed E-state index contributed by atoms with van der Waals surface area (Å²) in [5.74, 6) is 1.34. The highest BCUT2D eigenvalue weighted by Crippen LogP contribution is 2.47. The molecule has 1 nitrogen and oxygen atoms in total. The van der Waals surface area contributed by atoms with E-state index in [0.717, 1.165) is 18.6 Å². The summed E-state index contributed by atoms with van der Waals surface area (Å²) in [5.41, 5.74) is 0.218. The zero-order chi connectivity index (χ0) is 11.8. The molecule has 0 radical (unpaired) electrons. The second-order valence-electron chi connectivity index (χ2n) is 4.15. The molecule has 0 aliphatic heterocycles. The third kappa shape index (κ3) is 2.73. The van der Waals surface area contributed by atoms with Crippen molar-refractivity contribution in [3.05, 3.63) is 27.2 Å². The van der Waals surface area contributed by atoms with Crippen molar-refractivity contribution in [2.75, 3.05) is 12.4 Å². The topological polar surface area (TPSA) is 9.23 Å². The van der Waals surface area contributed by atoms with E-state index in [-0.39, 0.29) is 5.41 Å². The standard InChI is InChI=1S/C11H11Cl3OS/c12-7-3-8(13)10(9(14)4-7)15-5-11(6-16)1-2-11/h3-4,16H,1-2,5-6H2. The van der Waals surface area contributed by atoms with E-state index in [0.29, 0.717) is 27.4 Å². The zero-order valence-corrected chi connectivity index (χ0v) is 11.6. The lowest BCUT2D eigenvalue weighted by molar-refractivity contribution is 0.251. The molecule has 1 aromatic rings. The maximum atomic E-state index is 6.01. The molecule has 0 saturated heterocycles. The Morgan fingerprint density at radius 3 is 2.19 bits per heavy atom. The molecule has 16 heavy (non-hydrogen) atoms. The van der Waals surface area contributed by atoms with Gasteiger partial charge < -0.3 is 4.74 Å². The van der Waals surface area contributed by atoms with Gasteiger partial charge in [-0.2, -0.15) is 12.6 Å². The molecule has 0 heterocycles. The maximum absolute atomic E-state index is 6.01. The van der Waals surface area contributed by atoms with Gasteiger partial charge in [-0.05, 0) is 30.7 Å². The average molecular weight is 298 g/mol. The smallest absolute Gasteiger partial charge is 0.156 e. The van der Waals surface area contributed by atoms with Crippen molar-refractivity contribution in [1.29, 1.82) is 0 Å². The number of ether oxygens (including phenoxy) is 1. The van der Waals surface area contributed by atoms with Crippen LogP contribution >= 0.6 is 47.4 Å². The monoisotopic (exact) mass is 296 g/mol. The molecule has 1 aliphatic rings. The van der Waals surface area contributed by atoms with Gasteiger partial charge >= 0.3 is 0 Å². The highest BCUT2D eigenvalue weighted by atomic mass is 35.5. The Morgan fingerprint density at radius 1 is 1.19 bits per heavy atom. The van der Waals surface area contributed by atoms with Crippen LogP contribution in [-0.4, -0.2) is 12.4 Å². The summed E-state index contributed by atoms with van der Waals surface area (Å²) < 4.78 is 5.67. The molecule has 0 unspecified atom stereocenters. The molecule has 0 N–H and O–H groups in total. The first-order valence-corrected chi connectivity index (χ1v) is 6.71. The van der Waals surface area contributed by atoms with Crippen LogP contribution in [0.15, 0.2) is 12.1 Å². The first-order chi connectivity index (χ1) is 7.56. The SMILES string of the molecule is SCC1(COc2c(Cl)cc(Cl)cc2Cl)CC1. The molecule has 1 saturated carbocycles. The predicted octanol–water partition coefficient (Wildman–Crippen LogP) is 4.74. The van der Waals surface area contributed by atoms with Crippen LogP contribution in [0.3, 0.4) is 0 Å². The molecule has 1 aromatic carbocycles. The summed E-state index contributed by atoms with van der Waals surface area (Å²) in [6.07, 6.45) is 2.30. The number of thiol groups is 1. The van der Waals surface area contributed by atoms with Crippen molar-refractivity contribution in [3.8, 4) is 5.75 Å². The van der Waals surface area contributed by atoms with Gasteiger partial charge in [-0.25, -0.2) is 0 Å². The Hall–Kier alpha value is 0.240. The predicted molar refractivity (Wildman–Crippen MR) is 72.5 cm³/mol. The minimum Gasteiger partial charge on any atom is -0.490 e. The number of hydrogen-bond acceptors (Lipinski definition) is 2. The quantitative estimate of drug-likeness (QED) is 0.790. The van der Waals surface area contributed by atoms with Gasteiger partial charge in [-0.3, -0.25) is 0 Å². The summed E-state index contributed by atoms with van der Waals surface area (Å²) in [7, 11) is 0. The van der Waals surface area contributed by atoms with E-state index in [1.807, 2.05) is 0 Å². The summed E-state index contributed by atoms with van der Waals surface area (Å²) in [6.45, 7) is 0.609. The second-order valence-corrected chi connectivity index (χ2v) is 5.71. The van der Waals surface area contributed by atoms with Crippen LogP contribution in [0.1, 0.15) is 12.8 Å². The number of halogens is 3. The van der Waals surface area contributed by atoms with E-state index in [9.17, 15) is 0 Å². The molecular weight excluding hydrogens is 287 g/mol. The Morgan fingerprint density at radius 2 is 1.75 bits per heavy atom. The largest absolute Gasteiger partial charge is 0.490 e. The lowest BCUT2D eigenvalue weighted by Gasteiger charge is -2.15. The maximum Gasteiger partial charge on any atom is 0.156 e. The van der Waals surface area contributed by atoms with Crippen molar-refractivity contribution in [2.24, 2.45) is 5.41 Å². The second kappa shape index (κ2) is 4.85. The molecule has 2 rings (SSSR count). The highest BCUT2D eigenvalue weighted by Gasteiger charge is 2.42. The van der Waals surface area contributed by atoms with Gasteiger partial charge in [0.25, 0.3) is 0 Å². The molecule has 0 bridgehead atoms. The van der Waals surface area contributed by atoms with Crippen LogP contribution in [0, 0.1) is 5.41 Å². The fraction of sp³-hybridized carbons (Fsp3) is 0.455. The third-order valence-electron chi connectivity index (χ3n) is 2.78. The average Bonchev–Trinajstić information content (AvgIpc) is 2.97. The van der Waals surface area contributed by atoms with Crippen molar-refractivity contribution in [2.45, 2.75) is 12.8 Å². The van der Waals surface area contributed by atoms with E-state index < -0.39 is 0 Å². The van der Waals surface area contributed by atoms with Crippen LogP contribution in [-0.2, 0) is 0 Å². The van der Waals surface area contributed by atoms with Crippen LogP contribution < -0.4 is 4.74 Å². The number of benzene rings is 1. The lowest BCUT2D eigenvalue weighted by atomic mass is 10.2. The van der Waals surface area contributed by atoms with Crippen LogP contribution in [0.2, 0.25) is 15.1 Å². The van der Waals surface area contributed by atoms with E-state index in [4.69, 9.17) is 39.5 Å². The minimum atomic E-state index is 0.218. The van der Waals surface area contributed by atoms with E-state index >= 15 is 0 Å². The van der Waals surface area contributed by atoms with Gasteiger partial charge in [-0.15, -0.1) is 0 Å². The Balaban J connectivity index is 2.09. The molecule has 0 spiro atoms. The molecule has 0 atom stereocenters. The molecule has 1 aliphatic carbocycles. The van der Waals surface area contributed by atoms with Crippen molar-refractivity contribution in [1.82, 2.24) is 0 Å². The molecule has 88 valence electrons. The van der Waals surface area contributed by atoms with Crippen molar-refractivity contribution < 1.29 is 4.74 Å². The summed E-state index contributed by atoms with van der Waals surface area (Å²) in [4.78, 5) is 0. The normalized spacial score (nSPS) is 17.2. The molecule has 0 amide bonds. The van der Waals surface area contributed by atoms with Gasteiger partial charge in [0.05, 0.1) is 16.7 Å². The van der Waals surface area contributed by atoms with Gasteiger partial charge in [-0.1, -0.05) is 34.8 Å². The summed E-state index contributed by atoms with van der Waals surface area (Å²) in [5, 5.41) is 1.41. The number of rotatable bonds is 4. The molecular formula is C11H11Cl3OS. The van der Waals surface area contributed by atoms with Gasteiger partial charge in [0.2, 0.25) is 0 Å². The molecule has 0 aromatic heterocycles. The first-order valence-electron chi connectivity index (χ1n) is 4.94. The Bertz CT molecular complexity index is 381. The molecule has 5 heteroatoms. The van der Waals surface area contributed by atoms with E-state index in [2.05, 4.69) is 12.6 Å². The fourth-order valence-corrected chi connectivity index (χ4v) is 2.75. The van der Waals surface area contributed by atoms with E-state index in [1.54, 1.807) is 12.1 Å². The van der Waals surface area contributed by atoms with Crippen molar-refractivity contribution in [3.63, 3.8) is 0 Å². The van der Waals surface area contributed by atoms with Crippen molar-refractivity contribution >= 4 is 47.4 Å². The fourth-order valence-electron chi connectivity index (χ4n) is 1.42. The highest BCUT2D eigenvalue weighted by molar-refractivity contribution is 7.80. The molecule has 1 fully saturated rings.